The number of anilines is 3. The molecule has 0 saturated heterocycles. The third-order valence-electron chi connectivity index (χ3n) is 4.55. The first kappa shape index (κ1) is 18.6. The molecule has 0 aliphatic rings. The maximum atomic E-state index is 12.8. The molecular formula is C22H24N4O. The number of hydrogen-bond donors (Lipinski definition) is 1. The van der Waals surface area contributed by atoms with Crippen LogP contribution in [0.25, 0.3) is 0 Å². The highest BCUT2D eigenvalue weighted by Crippen LogP contribution is 2.21. The lowest BCUT2D eigenvalue weighted by atomic mass is 10.1. The Balaban J connectivity index is 1.75. The van der Waals surface area contributed by atoms with E-state index < -0.39 is 0 Å². The summed E-state index contributed by atoms with van der Waals surface area (Å²) in [5, 5.41) is 3.18. The average Bonchev–Trinajstić information content (AvgIpc) is 2.62. The molecule has 27 heavy (non-hydrogen) atoms. The van der Waals surface area contributed by atoms with Crippen molar-refractivity contribution < 1.29 is 4.79 Å². The standard InChI is InChI=1S/C22H24N4O/c1-14-6-11-20(12-15(14)2)26(5)21(27)18-7-9-19(10-8-18)25-22-23-16(3)13-17(4)24-22/h6-13H,1-5H3,(H,23,24,25). The highest BCUT2D eigenvalue weighted by molar-refractivity contribution is 6.06. The number of aryl methyl sites for hydroxylation is 4. The first-order valence-electron chi connectivity index (χ1n) is 8.88. The van der Waals surface area contributed by atoms with E-state index in [1.807, 2.05) is 69.3 Å². The molecule has 3 rings (SSSR count). The number of rotatable bonds is 4. The second-order valence-corrected chi connectivity index (χ2v) is 6.81. The molecule has 0 spiro atoms. The fraction of sp³-hybridized carbons (Fsp3) is 0.227. The minimum absolute atomic E-state index is 0.0487. The second kappa shape index (κ2) is 7.58. The van der Waals surface area contributed by atoms with Crippen LogP contribution in [0.1, 0.15) is 32.9 Å². The van der Waals surface area contributed by atoms with E-state index in [4.69, 9.17) is 0 Å². The molecule has 0 saturated carbocycles. The summed E-state index contributed by atoms with van der Waals surface area (Å²) in [7, 11) is 1.79. The van der Waals surface area contributed by atoms with Gasteiger partial charge in [-0.05, 0) is 81.3 Å². The molecule has 0 atom stereocenters. The van der Waals surface area contributed by atoms with Crippen LogP contribution >= 0.6 is 0 Å². The molecule has 1 aromatic heterocycles. The van der Waals surface area contributed by atoms with E-state index in [0.717, 1.165) is 22.8 Å². The average molecular weight is 360 g/mol. The van der Waals surface area contributed by atoms with Gasteiger partial charge in [-0.15, -0.1) is 0 Å². The van der Waals surface area contributed by atoms with E-state index in [0.29, 0.717) is 11.5 Å². The van der Waals surface area contributed by atoms with Gasteiger partial charge in [0, 0.05) is 35.4 Å². The molecule has 0 fully saturated rings. The van der Waals surface area contributed by atoms with E-state index in [-0.39, 0.29) is 5.91 Å². The van der Waals surface area contributed by atoms with Gasteiger partial charge < -0.3 is 10.2 Å². The van der Waals surface area contributed by atoms with E-state index >= 15 is 0 Å². The smallest absolute Gasteiger partial charge is 0.258 e. The van der Waals surface area contributed by atoms with Crippen molar-refractivity contribution in [1.82, 2.24) is 9.97 Å². The number of nitrogens with one attached hydrogen (secondary N) is 1. The van der Waals surface area contributed by atoms with Crippen LogP contribution in [-0.4, -0.2) is 22.9 Å². The predicted molar refractivity (Wildman–Crippen MR) is 110 cm³/mol. The van der Waals surface area contributed by atoms with Crippen LogP contribution < -0.4 is 10.2 Å². The van der Waals surface area contributed by atoms with Crippen molar-refractivity contribution in [1.29, 1.82) is 0 Å². The van der Waals surface area contributed by atoms with Crippen molar-refractivity contribution in [3.05, 3.63) is 76.6 Å². The molecule has 1 heterocycles. The van der Waals surface area contributed by atoms with Gasteiger partial charge >= 0.3 is 0 Å². The van der Waals surface area contributed by atoms with Crippen molar-refractivity contribution in [2.45, 2.75) is 27.7 Å². The van der Waals surface area contributed by atoms with Crippen LogP contribution in [0.5, 0.6) is 0 Å². The fourth-order valence-corrected chi connectivity index (χ4v) is 2.85. The molecule has 5 nitrogen and oxygen atoms in total. The van der Waals surface area contributed by atoms with Gasteiger partial charge in [0.15, 0.2) is 0 Å². The third kappa shape index (κ3) is 4.31. The Labute approximate surface area is 160 Å². The molecule has 0 unspecified atom stereocenters. The molecule has 2 aromatic carbocycles. The molecule has 0 aliphatic carbocycles. The summed E-state index contributed by atoms with van der Waals surface area (Å²) in [4.78, 5) is 23.2. The zero-order valence-corrected chi connectivity index (χ0v) is 16.4. The molecule has 1 amide bonds. The topological polar surface area (TPSA) is 58.1 Å². The maximum absolute atomic E-state index is 12.8. The summed E-state index contributed by atoms with van der Waals surface area (Å²) >= 11 is 0. The highest BCUT2D eigenvalue weighted by atomic mass is 16.2. The summed E-state index contributed by atoms with van der Waals surface area (Å²) < 4.78 is 0. The number of aromatic nitrogens is 2. The van der Waals surface area contributed by atoms with Gasteiger partial charge in [0.2, 0.25) is 5.95 Å². The molecule has 138 valence electrons. The molecule has 3 aromatic rings. The molecule has 0 radical (unpaired) electrons. The lowest BCUT2D eigenvalue weighted by Gasteiger charge is -2.19. The van der Waals surface area contributed by atoms with E-state index in [1.165, 1.54) is 11.1 Å². The van der Waals surface area contributed by atoms with Crippen molar-refractivity contribution >= 4 is 23.2 Å². The van der Waals surface area contributed by atoms with Crippen LogP contribution in [0.3, 0.4) is 0 Å². The van der Waals surface area contributed by atoms with Crippen molar-refractivity contribution in [3.63, 3.8) is 0 Å². The van der Waals surface area contributed by atoms with Gasteiger partial charge in [-0.1, -0.05) is 6.07 Å². The minimum Gasteiger partial charge on any atom is -0.324 e. The van der Waals surface area contributed by atoms with Gasteiger partial charge in [-0.3, -0.25) is 4.79 Å². The van der Waals surface area contributed by atoms with Gasteiger partial charge in [0.1, 0.15) is 0 Å². The number of hydrogen-bond acceptors (Lipinski definition) is 4. The van der Waals surface area contributed by atoms with Crippen molar-refractivity contribution in [2.75, 3.05) is 17.3 Å². The molecule has 0 bridgehead atoms. The number of amides is 1. The largest absolute Gasteiger partial charge is 0.324 e. The second-order valence-electron chi connectivity index (χ2n) is 6.81. The van der Waals surface area contributed by atoms with Gasteiger partial charge in [-0.25, -0.2) is 9.97 Å². The lowest BCUT2D eigenvalue weighted by molar-refractivity contribution is 0.0993. The van der Waals surface area contributed by atoms with Gasteiger partial charge in [0.05, 0.1) is 0 Å². The summed E-state index contributed by atoms with van der Waals surface area (Å²) in [5.74, 6) is 0.506. The Morgan fingerprint density at radius 3 is 2.07 bits per heavy atom. The fourth-order valence-electron chi connectivity index (χ4n) is 2.85. The first-order valence-corrected chi connectivity index (χ1v) is 8.88. The maximum Gasteiger partial charge on any atom is 0.258 e. The SMILES string of the molecule is Cc1cc(C)nc(Nc2ccc(C(=O)N(C)c3ccc(C)c(C)c3)cc2)n1. The van der Waals surface area contributed by atoms with Crippen molar-refractivity contribution in [3.8, 4) is 0 Å². The Hall–Kier alpha value is -3.21. The van der Waals surface area contributed by atoms with Crippen LogP contribution in [0.15, 0.2) is 48.5 Å². The Kier molecular flexibility index (Phi) is 5.21. The summed E-state index contributed by atoms with van der Waals surface area (Å²) in [6.45, 7) is 7.98. The molecule has 1 N–H and O–H groups in total. The lowest BCUT2D eigenvalue weighted by Crippen LogP contribution is -2.26. The zero-order chi connectivity index (χ0) is 19.6. The molecule has 5 heteroatoms. The Morgan fingerprint density at radius 1 is 0.852 bits per heavy atom. The van der Waals surface area contributed by atoms with Crippen LogP contribution in [0.2, 0.25) is 0 Å². The molecule has 0 aliphatic heterocycles. The number of benzene rings is 2. The monoisotopic (exact) mass is 360 g/mol. The van der Waals surface area contributed by atoms with Gasteiger partial charge in [0.25, 0.3) is 5.91 Å². The molecular weight excluding hydrogens is 336 g/mol. The van der Waals surface area contributed by atoms with Crippen LogP contribution in [0, 0.1) is 27.7 Å². The summed E-state index contributed by atoms with van der Waals surface area (Å²) in [6.07, 6.45) is 0. The first-order chi connectivity index (χ1) is 12.8. The van der Waals surface area contributed by atoms with Crippen LogP contribution in [-0.2, 0) is 0 Å². The van der Waals surface area contributed by atoms with E-state index in [2.05, 4.69) is 22.2 Å². The van der Waals surface area contributed by atoms with Crippen molar-refractivity contribution in [2.24, 2.45) is 0 Å². The summed E-state index contributed by atoms with van der Waals surface area (Å²) in [5.41, 5.74) is 6.55. The number of carbonyl (C=O) groups is 1. The zero-order valence-electron chi connectivity index (χ0n) is 16.4. The Bertz CT molecular complexity index is 960. The Morgan fingerprint density at radius 2 is 1.48 bits per heavy atom. The number of carbonyl (C=O) groups excluding carboxylic acids is 1. The minimum atomic E-state index is -0.0487. The van der Waals surface area contributed by atoms with Crippen LogP contribution in [0.4, 0.5) is 17.3 Å². The third-order valence-corrected chi connectivity index (χ3v) is 4.55. The number of nitrogens with zero attached hydrogens (tertiary/aromatic N) is 3. The van der Waals surface area contributed by atoms with E-state index in [1.54, 1.807) is 11.9 Å². The van der Waals surface area contributed by atoms with Gasteiger partial charge in [-0.2, -0.15) is 0 Å². The quantitative estimate of drug-likeness (QED) is 0.731. The highest BCUT2D eigenvalue weighted by Gasteiger charge is 2.14. The predicted octanol–water partition coefficient (Wildman–Crippen LogP) is 4.73. The van der Waals surface area contributed by atoms with E-state index in [9.17, 15) is 4.79 Å². The normalized spacial score (nSPS) is 10.6. The summed E-state index contributed by atoms with van der Waals surface area (Å²) in [6, 6.07) is 15.3.